The van der Waals surface area contributed by atoms with Crippen LogP contribution in [0.4, 0.5) is 5.00 Å². The summed E-state index contributed by atoms with van der Waals surface area (Å²) < 4.78 is 0. The van der Waals surface area contributed by atoms with Crippen molar-refractivity contribution in [2.75, 3.05) is 5.32 Å². The normalized spacial score (nSPS) is 24.7. The van der Waals surface area contributed by atoms with Gasteiger partial charge in [-0.3, -0.25) is 14.4 Å². The molecule has 7 heteroatoms. The molecule has 0 saturated heterocycles. The van der Waals surface area contributed by atoms with Gasteiger partial charge in [0.05, 0.1) is 17.4 Å². The summed E-state index contributed by atoms with van der Waals surface area (Å²) in [6.45, 7) is 2.16. The summed E-state index contributed by atoms with van der Waals surface area (Å²) in [4.78, 5) is 37.3. The van der Waals surface area contributed by atoms with Crippen LogP contribution in [0.5, 0.6) is 0 Å². The number of nitrogens with one attached hydrogen (secondary N) is 1. The van der Waals surface area contributed by atoms with Crippen LogP contribution in [0.2, 0.25) is 0 Å². The molecule has 140 valence electrons. The second kappa shape index (κ2) is 7.61. The van der Waals surface area contributed by atoms with Crippen molar-refractivity contribution in [1.82, 2.24) is 0 Å². The van der Waals surface area contributed by atoms with Crippen molar-refractivity contribution in [3.8, 4) is 0 Å². The fourth-order valence-electron chi connectivity index (χ4n) is 3.93. The van der Waals surface area contributed by atoms with Crippen LogP contribution in [0.1, 0.15) is 53.4 Å². The number of rotatable bonds is 5. The minimum absolute atomic E-state index is 0.342. The van der Waals surface area contributed by atoms with E-state index in [0.717, 1.165) is 36.1 Å². The van der Waals surface area contributed by atoms with Gasteiger partial charge in [0.15, 0.2) is 0 Å². The van der Waals surface area contributed by atoms with E-state index < -0.39 is 23.7 Å². The molecule has 4 N–H and O–H groups in total. The average molecular weight is 376 g/mol. The Kier molecular flexibility index (Phi) is 5.46. The Hall–Kier alpha value is -2.15. The minimum atomic E-state index is -0.971. The first-order valence-electron chi connectivity index (χ1n) is 9.05. The standard InChI is InChI=1S/C19H24N2O4S/c1-2-10-7-8-13-14(9-10)26-18(15(13)16(20)22)21-17(23)11-5-3-4-6-12(11)19(24)25/h3-4,10-12H,2,5-9H2,1H3,(H2,20,22)(H,21,23)(H,24,25). The minimum Gasteiger partial charge on any atom is -0.481 e. The van der Waals surface area contributed by atoms with Gasteiger partial charge in [0.2, 0.25) is 5.91 Å². The molecule has 3 rings (SSSR count). The van der Waals surface area contributed by atoms with Gasteiger partial charge in [-0.25, -0.2) is 0 Å². The summed E-state index contributed by atoms with van der Waals surface area (Å²) in [6, 6.07) is 0. The van der Waals surface area contributed by atoms with Crippen molar-refractivity contribution in [1.29, 1.82) is 0 Å². The van der Waals surface area contributed by atoms with Crippen LogP contribution in [0, 0.1) is 17.8 Å². The van der Waals surface area contributed by atoms with Crippen LogP contribution in [-0.2, 0) is 22.4 Å². The summed E-state index contributed by atoms with van der Waals surface area (Å²) in [7, 11) is 0. The molecule has 0 bridgehead atoms. The van der Waals surface area contributed by atoms with E-state index in [1.54, 1.807) is 6.08 Å². The highest BCUT2D eigenvalue weighted by Gasteiger charge is 2.35. The van der Waals surface area contributed by atoms with E-state index in [-0.39, 0.29) is 5.91 Å². The Morgan fingerprint density at radius 2 is 1.96 bits per heavy atom. The first-order chi connectivity index (χ1) is 12.4. The molecule has 0 fully saturated rings. The number of fused-ring (bicyclic) bond motifs is 1. The van der Waals surface area contributed by atoms with Crippen LogP contribution < -0.4 is 11.1 Å². The Labute approximate surface area is 156 Å². The van der Waals surface area contributed by atoms with Crippen LogP contribution in [0.3, 0.4) is 0 Å². The van der Waals surface area contributed by atoms with Gasteiger partial charge in [0.1, 0.15) is 5.00 Å². The Balaban J connectivity index is 1.86. The topological polar surface area (TPSA) is 109 Å². The van der Waals surface area contributed by atoms with E-state index in [4.69, 9.17) is 5.73 Å². The Morgan fingerprint density at radius 1 is 1.27 bits per heavy atom. The lowest BCUT2D eigenvalue weighted by Gasteiger charge is -2.24. The number of hydrogen-bond donors (Lipinski definition) is 3. The quantitative estimate of drug-likeness (QED) is 0.686. The molecule has 1 aromatic heterocycles. The van der Waals surface area contributed by atoms with Gasteiger partial charge < -0.3 is 16.2 Å². The Morgan fingerprint density at radius 3 is 2.58 bits per heavy atom. The number of hydrogen-bond acceptors (Lipinski definition) is 4. The summed E-state index contributed by atoms with van der Waals surface area (Å²) in [5.74, 6) is -2.65. The maximum atomic E-state index is 12.7. The number of carboxylic acids is 1. The number of carbonyl (C=O) groups excluding carboxylic acids is 2. The van der Waals surface area contributed by atoms with Crippen LogP contribution in [-0.4, -0.2) is 22.9 Å². The molecule has 6 nitrogen and oxygen atoms in total. The second-order valence-electron chi connectivity index (χ2n) is 7.07. The number of nitrogens with two attached hydrogens (primary N) is 1. The second-order valence-corrected chi connectivity index (χ2v) is 8.18. The largest absolute Gasteiger partial charge is 0.481 e. The zero-order chi connectivity index (χ0) is 18.8. The highest BCUT2D eigenvalue weighted by Crippen LogP contribution is 2.40. The van der Waals surface area contributed by atoms with Gasteiger partial charge >= 0.3 is 5.97 Å². The van der Waals surface area contributed by atoms with Crippen molar-refractivity contribution in [2.24, 2.45) is 23.5 Å². The molecule has 3 unspecified atom stereocenters. The number of thiophene rings is 1. The molecule has 1 heterocycles. The van der Waals surface area contributed by atoms with E-state index in [1.807, 2.05) is 6.08 Å². The summed E-state index contributed by atoms with van der Waals surface area (Å²) in [5, 5.41) is 12.7. The molecule has 2 aliphatic rings. The van der Waals surface area contributed by atoms with Crippen molar-refractivity contribution in [3.63, 3.8) is 0 Å². The van der Waals surface area contributed by atoms with Gasteiger partial charge in [-0.15, -0.1) is 11.3 Å². The summed E-state index contributed by atoms with van der Waals surface area (Å²) in [6.07, 6.45) is 8.16. The van der Waals surface area contributed by atoms with Crippen LogP contribution >= 0.6 is 11.3 Å². The lowest BCUT2D eigenvalue weighted by Crippen LogP contribution is -2.35. The predicted molar refractivity (Wildman–Crippen MR) is 100 cm³/mol. The summed E-state index contributed by atoms with van der Waals surface area (Å²) >= 11 is 1.41. The molecule has 0 spiro atoms. The number of allylic oxidation sites excluding steroid dienone is 2. The molecular formula is C19H24N2O4S. The molecule has 0 saturated carbocycles. The van der Waals surface area contributed by atoms with E-state index in [0.29, 0.717) is 29.3 Å². The molecular weight excluding hydrogens is 352 g/mol. The first kappa shape index (κ1) is 18.6. The maximum Gasteiger partial charge on any atom is 0.307 e. The van der Waals surface area contributed by atoms with Crippen molar-refractivity contribution in [2.45, 2.75) is 45.4 Å². The van der Waals surface area contributed by atoms with Crippen molar-refractivity contribution in [3.05, 3.63) is 28.2 Å². The van der Waals surface area contributed by atoms with E-state index in [9.17, 15) is 19.5 Å². The number of aliphatic carboxylic acids is 1. The number of primary amides is 1. The van der Waals surface area contributed by atoms with Crippen molar-refractivity contribution >= 4 is 34.1 Å². The molecule has 3 atom stereocenters. The molecule has 1 aromatic rings. The lowest BCUT2D eigenvalue weighted by molar-refractivity contribution is -0.146. The molecule has 26 heavy (non-hydrogen) atoms. The molecule has 2 amide bonds. The van der Waals surface area contributed by atoms with Crippen molar-refractivity contribution < 1.29 is 19.5 Å². The van der Waals surface area contributed by atoms with Gasteiger partial charge in [-0.1, -0.05) is 25.5 Å². The Bertz CT molecular complexity index is 768. The summed E-state index contributed by atoms with van der Waals surface area (Å²) in [5.41, 5.74) is 6.96. The third kappa shape index (κ3) is 3.53. The van der Waals surface area contributed by atoms with Gasteiger partial charge in [-0.2, -0.15) is 0 Å². The van der Waals surface area contributed by atoms with E-state index >= 15 is 0 Å². The monoisotopic (exact) mass is 376 g/mol. The highest BCUT2D eigenvalue weighted by molar-refractivity contribution is 7.17. The smallest absolute Gasteiger partial charge is 0.307 e. The molecule has 0 radical (unpaired) electrons. The van der Waals surface area contributed by atoms with Gasteiger partial charge in [0.25, 0.3) is 5.91 Å². The zero-order valence-electron chi connectivity index (χ0n) is 14.8. The number of carbonyl (C=O) groups is 3. The highest BCUT2D eigenvalue weighted by atomic mass is 32.1. The van der Waals surface area contributed by atoms with Crippen LogP contribution in [0.15, 0.2) is 12.2 Å². The fourth-order valence-corrected chi connectivity index (χ4v) is 5.30. The lowest BCUT2D eigenvalue weighted by atomic mass is 9.82. The van der Waals surface area contributed by atoms with E-state index in [1.165, 1.54) is 11.3 Å². The van der Waals surface area contributed by atoms with Gasteiger partial charge in [0, 0.05) is 4.88 Å². The number of anilines is 1. The first-order valence-corrected chi connectivity index (χ1v) is 9.87. The molecule has 0 aromatic carbocycles. The number of amides is 2. The average Bonchev–Trinajstić information content (AvgIpc) is 2.98. The van der Waals surface area contributed by atoms with Crippen LogP contribution in [0.25, 0.3) is 0 Å². The molecule has 0 aliphatic heterocycles. The third-order valence-corrected chi connectivity index (χ3v) is 6.68. The van der Waals surface area contributed by atoms with E-state index in [2.05, 4.69) is 12.2 Å². The maximum absolute atomic E-state index is 12.7. The third-order valence-electron chi connectivity index (χ3n) is 5.51. The van der Waals surface area contributed by atoms with Gasteiger partial charge in [-0.05, 0) is 43.6 Å². The molecule has 2 aliphatic carbocycles. The zero-order valence-corrected chi connectivity index (χ0v) is 15.6. The fraction of sp³-hybridized carbons (Fsp3) is 0.526. The predicted octanol–water partition coefficient (Wildman–Crippen LogP) is 2.97. The SMILES string of the molecule is CCC1CCc2c(sc(NC(=O)C3CC=CCC3C(=O)O)c2C(N)=O)C1. The number of carboxylic acid groups (broad SMARTS) is 1.